The van der Waals surface area contributed by atoms with Gasteiger partial charge in [-0.25, -0.2) is 0 Å². The molecule has 0 spiro atoms. The summed E-state index contributed by atoms with van der Waals surface area (Å²) in [5, 5.41) is 1.22. The summed E-state index contributed by atoms with van der Waals surface area (Å²) in [7, 11) is 2.22. The molecule has 0 amide bonds. The van der Waals surface area contributed by atoms with Crippen LogP contribution in [-0.2, 0) is 6.54 Å². The largest absolute Gasteiger partial charge is 0.306 e. The van der Waals surface area contributed by atoms with E-state index in [1.807, 2.05) is 0 Å². The Labute approximate surface area is 127 Å². The van der Waals surface area contributed by atoms with E-state index in [-0.39, 0.29) is 0 Å². The number of pyridine rings is 1. The first-order valence-corrected chi connectivity index (χ1v) is 8.00. The Morgan fingerprint density at radius 2 is 2.10 bits per heavy atom. The van der Waals surface area contributed by atoms with Crippen LogP contribution in [0.15, 0.2) is 36.4 Å². The van der Waals surface area contributed by atoms with Crippen LogP contribution in [0, 0.1) is 5.92 Å². The van der Waals surface area contributed by atoms with E-state index in [9.17, 15) is 0 Å². The van der Waals surface area contributed by atoms with Crippen LogP contribution in [0.5, 0.6) is 0 Å². The van der Waals surface area contributed by atoms with Crippen LogP contribution in [-0.4, -0.2) is 48.0 Å². The van der Waals surface area contributed by atoms with Crippen LogP contribution in [0.1, 0.15) is 19.0 Å². The van der Waals surface area contributed by atoms with Gasteiger partial charge < -0.3 is 4.90 Å². The van der Waals surface area contributed by atoms with Crippen molar-refractivity contribution in [2.24, 2.45) is 5.92 Å². The van der Waals surface area contributed by atoms with Crippen LogP contribution in [0.2, 0.25) is 0 Å². The van der Waals surface area contributed by atoms with Crippen LogP contribution < -0.4 is 0 Å². The fourth-order valence-corrected chi connectivity index (χ4v) is 3.27. The van der Waals surface area contributed by atoms with Crippen LogP contribution >= 0.6 is 0 Å². The number of nitrogens with zero attached hydrogens (tertiary/aromatic N) is 3. The van der Waals surface area contributed by atoms with Gasteiger partial charge in [0, 0.05) is 25.0 Å². The first-order chi connectivity index (χ1) is 10.2. The fourth-order valence-electron chi connectivity index (χ4n) is 3.27. The van der Waals surface area contributed by atoms with E-state index < -0.39 is 0 Å². The van der Waals surface area contributed by atoms with E-state index in [1.54, 1.807) is 0 Å². The standard InChI is InChI=1S/C18H25N3/c1-3-21(13-15-10-11-20(2)12-15)14-17-9-8-16-6-4-5-7-18(16)19-17/h4-9,15H,3,10-14H2,1-2H3/t15-/m0/s1. The summed E-state index contributed by atoms with van der Waals surface area (Å²) >= 11 is 0. The van der Waals surface area contributed by atoms with Gasteiger partial charge in [0.1, 0.15) is 0 Å². The second kappa shape index (κ2) is 6.54. The topological polar surface area (TPSA) is 19.4 Å². The van der Waals surface area contributed by atoms with Crippen LogP contribution in [0.3, 0.4) is 0 Å². The first kappa shape index (κ1) is 14.5. The van der Waals surface area contributed by atoms with Crippen molar-refractivity contribution in [3.8, 4) is 0 Å². The molecule has 3 nitrogen and oxygen atoms in total. The van der Waals surface area contributed by atoms with Gasteiger partial charge in [0.15, 0.2) is 0 Å². The zero-order valence-electron chi connectivity index (χ0n) is 13.1. The highest BCUT2D eigenvalue weighted by Crippen LogP contribution is 2.18. The number of aromatic nitrogens is 1. The molecule has 0 aliphatic carbocycles. The maximum Gasteiger partial charge on any atom is 0.0705 e. The normalized spacial score (nSPS) is 19.7. The van der Waals surface area contributed by atoms with E-state index in [0.717, 1.165) is 24.5 Å². The molecule has 1 aliphatic rings. The molecule has 1 aromatic carbocycles. The molecule has 0 bridgehead atoms. The smallest absolute Gasteiger partial charge is 0.0705 e. The van der Waals surface area contributed by atoms with E-state index in [1.165, 1.54) is 37.1 Å². The molecule has 3 rings (SSSR count). The molecule has 1 fully saturated rings. The molecular formula is C18H25N3. The number of likely N-dealkylation sites (tertiary alicyclic amines) is 1. The Morgan fingerprint density at radius 3 is 2.86 bits per heavy atom. The molecule has 0 radical (unpaired) electrons. The average molecular weight is 283 g/mol. The third-order valence-electron chi connectivity index (χ3n) is 4.49. The zero-order valence-corrected chi connectivity index (χ0v) is 13.1. The molecule has 0 saturated carbocycles. The number of para-hydroxylation sites is 1. The Bertz CT molecular complexity index is 596. The van der Waals surface area contributed by atoms with Crippen molar-refractivity contribution in [2.45, 2.75) is 19.9 Å². The minimum absolute atomic E-state index is 0.815. The molecule has 112 valence electrons. The fraction of sp³-hybridized carbons (Fsp3) is 0.500. The molecule has 1 aromatic heterocycles. The van der Waals surface area contributed by atoms with Crippen LogP contribution in [0.25, 0.3) is 10.9 Å². The predicted molar refractivity (Wildman–Crippen MR) is 88.3 cm³/mol. The monoisotopic (exact) mass is 283 g/mol. The number of benzene rings is 1. The van der Waals surface area contributed by atoms with Crippen molar-refractivity contribution >= 4 is 10.9 Å². The van der Waals surface area contributed by atoms with Gasteiger partial charge in [0.25, 0.3) is 0 Å². The summed E-state index contributed by atoms with van der Waals surface area (Å²) in [5.41, 5.74) is 2.29. The van der Waals surface area contributed by atoms with E-state index in [0.29, 0.717) is 0 Å². The van der Waals surface area contributed by atoms with Gasteiger partial charge >= 0.3 is 0 Å². The maximum atomic E-state index is 4.80. The molecule has 21 heavy (non-hydrogen) atoms. The third kappa shape index (κ3) is 3.60. The van der Waals surface area contributed by atoms with Crippen LogP contribution in [0.4, 0.5) is 0 Å². The highest BCUT2D eigenvalue weighted by molar-refractivity contribution is 5.78. The quantitative estimate of drug-likeness (QED) is 0.841. The molecule has 1 aliphatic heterocycles. The molecule has 1 atom stereocenters. The maximum absolute atomic E-state index is 4.80. The van der Waals surface area contributed by atoms with E-state index in [2.05, 4.69) is 60.2 Å². The van der Waals surface area contributed by atoms with Crippen molar-refractivity contribution < 1.29 is 0 Å². The Hall–Kier alpha value is -1.45. The van der Waals surface area contributed by atoms with Crippen molar-refractivity contribution in [3.05, 3.63) is 42.1 Å². The summed E-state index contributed by atoms with van der Waals surface area (Å²) < 4.78 is 0. The summed E-state index contributed by atoms with van der Waals surface area (Å²) in [4.78, 5) is 9.77. The lowest BCUT2D eigenvalue weighted by Gasteiger charge is -2.23. The molecule has 0 unspecified atom stereocenters. The SMILES string of the molecule is CCN(Cc1ccc2ccccc2n1)C[C@H]1CCN(C)C1. The molecule has 2 heterocycles. The lowest BCUT2D eigenvalue weighted by Crippen LogP contribution is -2.30. The van der Waals surface area contributed by atoms with Gasteiger partial charge in [-0.3, -0.25) is 9.88 Å². The van der Waals surface area contributed by atoms with E-state index >= 15 is 0 Å². The minimum atomic E-state index is 0.815. The van der Waals surface area contributed by atoms with Gasteiger partial charge in [-0.05, 0) is 44.6 Å². The average Bonchev–Trinajstić information content (AvgIpc) is 2.91. The van der Waals surface area contributed by atoms with Crippen molar-refractivity contribution in [1.29, 1.82) is 0 Å². The summed E-state index contributed by atoms with van der Waals surface area (Å²) in [6, 6.07) is 12.7. The molecular weight excluding hydrogens is 258 g/mol. The molecule has 2 aromatic rings. The van der Waals surface area contributed by atoms with Crippen molar-refractivity contribution in [3.63, 3.8) is 0 Å². The van der Waals surface area contributed by atoms with Gasteiger partial charge in [-0.1, -0.05) is 31.2 Å². The van der Waals surface area contributed by atoms with Gasteiger partial charge in [0.2, 0.25) is 0 Å². The third-order valence-corrected chi connectivity index (χ3v) is 4.49. The highest BCUT2D eigenvalue weighted by atomic mass is 15.2. The molecule has 0 N–H and O–H groups in total. The van der Waals surface area contributed by atoms with E-state index in [4.69, 9.17) is 4.98 Å². The number of rotatable bonds is 5. The summed E-state index contributed by atoms with van der Waals surface area (Å²) in [6.45, 7) is 7.98. The number of hydrogen-bond donors (Lipinski definition) is 0. The van der Waals surface area contributed by atoms with Crippen molar-refractivity contribution in [1.82, 2.24) is 14.8 Å². The number of fused-ring (bicyclic) bond motifs is 1. The second-order valence-corrected chi connectivity index (χ2v) is 6.24. The minimum Gasteiger partial charge on any atom is -0.306 e. The van der Waals surface area contributed by atoms with Gasteiger partial charge in [-0.2, -0.15) is 0 Å². The van der Waals surface area contributed by atoms with Crippen molar-refractivity contribution in [2.75, 3.05) is 33.2 Å². The van der Waals surface area contributed by atoms with Gasteiger partial charge in [-0.15, -0.1) is 0 Å². The summed E-state index contributed by atoms with van der Waals surface area (Å²) in [5.74, 6) is 0.815. The predicted octanol–water partition coefficient (Wildman–Crippen LogP) is 3.01. The highest BCUT2D eigenvalue weighted by Gasteiger charge is 2.21. The Morgan fingerprint density at radius 1 is 1.24 bits per heavy atom. The lowest BCUT2D eigenvalue weighted by molar-refractivity contribution is 0.231. The first-order valence-electron chi connectivity index (χ1n) is 8.00. The zero-order chi connectivity index (χ0) is 14.7. The molecule has 3 heteroatoms. The van der Waals surface area contributed by atoms with Gasteiger partial charge in [0.05, 0.1) is 11.2 Å². The lowest BCUT2D eigenvalue weighted by atomic mass is 10.1. The number of hydrogen-bond acceptors (Lipinski definition) is 3. The Balaban J connectivity index is 1.67. The molecule has 1 saturated heterocycles. The summed E-state index contributed by atoms with van der Waals surface area (Å²) in [6.07, 6.45) is 1.33. The second-order valence-electron chi connectivity index (χ2n) is 6.24. The Kier molecular flexibility index (Phi) is 4.51.